The molecule has 24 heavy (non-hydrogen) atoms. The molecule has 2 amide bonds. The van der Waals surface area contributed by atoms with Crippen molar-refractivity contribution in [3.63, 3.8) is 0 Å². The molecule has 3 rings (SSSR count). The zero-order chi connectivity index (χ0) is 17.1. The monoisotopic (exact) mass is 346 g/mol. The van der Waals surface area contributed by atoms with Gasteiger partial charge in [0.25, 0.3) is 0 Å². The standard InChI is InChI=1S/C18H16ClFN2O2/c19-12-6-4-11(5-7-12)10-21-17(23)15-9-16(15)18(24)22-14-3-1-2-13(20)8-14/h1-8,15-16H,9-10H2,(H,21,23)(H,22,24). The maximum atomic E-state index is 13.1. The van der Waals surface area contributed by atoms with E-state index in [4.69, 9.17) is 11.6 Å². The summed E-state index contributed by atoms with van der Waals surface area (Å²) in [5.74, 6) is -1.51. The molecule has 2 N–H and O–H groups in total. The largest absolute Gasteiger partial charge is 0.352 e. The maximum Gasteiger partial charge on any atom is 0.228 e. The molecule has 6 heteroatoms. The third kappa shape index (κ3) is 4.11. The van der Waals surface area contributed by atoms with E-state index in [2.05, 4.69) is 10.6 Å². The Morgan fingerprint density at radius 2 is 1.79 bits per heavy atom. The van der Waals surface area contributed by atoms with E-state index in [1.165, 1.54) is 18.2 Å². The summed E-state index contributed by atoms with van der Waals surface area (Å²) in [4.78, 5) is 24.2. The second-order valence-corrected chi connectivity index (χ2v) is 6.23. The van der Waals surface area contributed by atoms with Crippen molar-refractivity contribution < 1.29 is 14.0 Å². The van der Waals surface area contributed by atoms with Crippen molar-refractivity contribution in [3.8, 4) is 0 Å². The van der Waals surface area contributed by atoms with Gasteiger partial charge >= 0.3 is 0 Å². The number of nitrogens with one attached hydrogen (secondary N) is 2. The molecule has 0 aliphatic heterocycles. The van der Waals surface area contributed by atoms with Gasteiger partial charge in [0.1, 0.15) is 5.82 Å². The van der Waals surface area contributed by atoms with Gasteiger partial charge in [0.15, 0.2) is 0 Å². The summed E-state index contributed by atoms with van der Waals surface area (Å²) >= 11 is 5.81. The van der Waals surface area contributed by atoms with Crippen LogP contribution in [-0.2, 0) is 16.1 Å². The van der Waals surface area contributed by atoms with E-state index in [1.807, 2.05) is 12.1 Å². The highest BCUT2D eigenvalue weighted by atomic mass is 35.5. The predicted molar refractivity (Wildman–Crippen MR) is 89.9 cm³/mol. The first-order valence-electron chi connectivity index (χ1n) is 7.61. The molecular weight excluding hydrogens is 331 g/mol. The smallest absolute Gasteiger partial charge is 0.228 e. The molecule has 0 bridgehead atoms. The average Bonchev–Trinajstić information content (AvgIpc) is 3.35. The number of carbonyl (C=O) groups is 2. The summed E-state index contributed by atoms with van der Waals surface area (Å²) in [7, 11) is 0. The van der Waals surface area contributed by atoms with Crippen molar-refractivity contribution in [2.45, 2.75) is 13.0 Å². The molecule has 0 radical (unpaired) electrons. The number of carbonyl (C=O) groups excluding carboxylic acids is 2. The van der Waals surface area contributed by atoms with Gasteiger partial charge in [-0.05, 0) is 42.3 Å². The van der Waals surface area contributed by atoms with Crippen LogP contribution in [0.1, 0.15) is 12.0 Å². The third-order valence-electron chi connectivity index (χ3n) is 3.94. The summed E-state index contributed by atoms with van der Waals surface area (Å²) in [5, 5.41) is 6.09. The molecule has 2 aromatic carbocycles. The second kappa shape index (κ2) is 7.01. The van der Waals surface area contributed by atoms with Crippen molar-refractivity contribution in [3.05, 3.63) is 64.9 Å². The summed E-state index contributed by atoms with van der Waals surface area (Å²) in [6.07, 6.45) is 0.508. The quantitative estimate of drug-likeness (QED) is 0.872. The van der Waals surface area contributed by atoms with Crippen molar-refractivity contribution in [1.82, 2.24) is 5.32 Å². The predicted octanol–water partition coefficient (Wildman–Crippen LogP) is 3.37. The first kappa shape index (κ1) is 16.5. The van der Waals surface area contributed by atoms with Gasteiger partial charge in [-0.1, -0.05) is 29.8 Å². The minimum Gasteiger partial charge on any atom is -0.352 e. The van der Waals surface area contributed by atoms with Gasteiger partial charge in [-0.25, -0.2) is 4.39 Å². The third-order valence-corrected chi connectivity index (χ3v) is 4.19. The summed E-state index contributed by atoms with van der Waals surface area (Å²) in [6.45, 7) is 0.394. The Labute approximate surface area is 144 Å². The fourth-order valence-electron chi connectivity index (χ4n) is 2.50. The highest BCUT2D eigenvalue weighted by Crippen LogP contribution is 2.39. The van der Waals surface area contributed by atoms with Crippen molar-refractivity contribution >= 4 is 29.1 Å². The molecule has 4 nitrogen and oxygen atoms in total. The van der Waals surface area contributed by atoms with Crippen molar-refractivity contribution in [2.24, 2.45) is 11.8 Å². The first-order chi connectivity index (χ1) is 11.5. The number of anilines is 1. The van der Waals surface area contributed by atoms with E-state index in [9.17, 15) is 14.0 Å². The molecule has 1 aliphatic carbocycles. The number of benzene rings is 2. The number of hydrogen-bond acceptors (Lipinski definition) is 2. The molecule has 0 saturated heterocycles. The van der Waals surface area contributed by atoms with E-state index in [-0.39, 0.29) is 23.7 Å². The molecule has 2 atom stereocenters. The molecule has 2 aromatic rings. The zero-order valence-corrected chi connectivity index (χ0v) is 13.5. The van der Waals surface area contributed by atoms with Crippen molar-refractivity contribution in [2.75, 3.05) is 5.32 Å². The van der Waals surface area contributed by atoms with E-state index in [0.717, 1.165) is 5.56 Å². The molecule has 0 spiro atoms. The SMILES string of the molecule is O=C(NCc1ccc(Cl)cc1)C1CC1C(=O)Nc1cccc(F)c1. The van der Waals surface area contributed by atoms with Gasteiger partial charge in [0, 0.05) is 17.3 Å². The zero-order valence-electron chi connectivity index (χ0n) is 12.8. The van der Waals surface area contributed by atoms with E-state index in [1.54, 1.807) is 18.2 Å². The fourth-order valence-corrected chi connectivity index (χ4v) is 2.62. The molecule has 0 heterocycles. The second-order valence-electron chi connectivity index (χ2n) is 5.79. The minimum atomic E-state index is -0.416. The molecule has 1 saturated carbocycles. The Morgan fingerprint density at radius 3 is 2.50 bits per heavy atom. The van der Waals surface area contributed by atoms with Crippen molar-refractivity contribution in [1.29, 1.82) is 0 Å². The van der Waals surface area contributed by atoms with Crippen LogP contribution in [-0.4, -0.2) is 11.8 Å². The molecule has 1 fully saturated rings. The van der Waals surface area contributed by atoms with Gasteiger partial charge in [-0.15, -0.1) is 0 Å². The van der Waals surface area contributed by atoms with E-state index < -0.39 is 5.82 Å². The van der Waals surface area contributed by atoms with Crippen LogP contribution in [0.2, 0.25) is 5.02 Å². The number of halogens is 2. The van der Waals surface area contributed by atoms with Crippen LogP contribution in [0.25, 0.3) is 0 Å². The van der Waals surface area contributed by atoms with Gasteiger partial charge < -0.3 is 10.6 Å². The summed E-state index contributed by atoms with van der Waals surface area (Å²) in [5.41, 5.74) is 1.33. The summed E-state index contributed by atoms with van der Waals surface area (Å²) in [6, 6.07) is 12.9. The maximum absolute atomic E-state index is 13.1. The Bertz CT molecular complexity index is 764. The lowest BCUT2D eigenvalue weighted by Crippen LogP contribution is -2.27. The van der Waals surface area contributed by atoms with Crippen LogP contribution in [0.4, 0.5) is 10.1 Å². The molecule has 2 unspecified atom stereocenters. The summed E-state index contributed by atoms with van der Waals surface area (Å²) < 4.78 is 13.1. The Balaban J connectivity index is 1.48. The molecular formula is C18H16ClFN2O2. The Morgan fingerprint density at radius 1 is 1.08 bits per heavy atom. The first-order valence-corrected chi connectivity index (χ1v) is 7.99. The number of amides is 2. The normalized spacial score (nSPS) is 18.8. The topological polar surface area (TPSA) is 58.2 Å². The molecule has 0 aromatic heterocycles. The van der Waals surface area contributed by atoms with Crippen LogP contribution in [0.5, 0.6) is 0 Å². The Kier molecular flexibility index (Phi) is 4.81. The van der Waals surface area contributed by atoms with Crippen LogP contribution in [0, 0.1) is 17.7 Å². The minimum absolute atomic E-state index is 0.149. The van der Waals surface area contributed by atoms with E-state index in [0.29, 0.717) is 23.7 Å². The number of rotatable bonds is 5. The van der Waals surface area contributed by atoms with Crippen LogP contribution in [0.3, 0.4) is 0 Å². The number of hydrogen-bond donors (Lipinski definition) is 2. The van der Waals surface area contributed by atoms with Crippen LogP contribution in [0.15, 0.2) is 48.5 Å². The lowest BCUT2D eigenvalue weighted by Gasteiger charge is -2.06. The molecule has 124 valence electrons. The van der Waals surface area contributed by atoms with E-state index >= 15 is 0 Å². The fraction of sp³-hybridized carbons (Fsp3) is 0.222. The highest BCUT2D eigenvalue weighted by molar-refractivity contribution is 6.30. The highest BCUT2D eigenvalue weighted by Gasteiger charge is 2.47. The average molecular weight is 347 g/mol. The van der Waals surface area contributed by atoms with Crippen LogP contribution < -0.4 is 10.6 Å². The van der Waals surface area contributed by atoms with Gasteiger partial charge in [0.05, 0.1) is 11.8 Å². The lowest BCUT2D eigenvalue weighted by molar-refractivity contribution is -0.125. The Hall–Kier alpha value is -2.40. The van der Waals surface area contributed by atoms with Crippen LogP contribution >= 0.6 is 11.6 Å². The van der Waals surface area contributed by atoms with Gasteiger partial charge in [0.2, 0.25) is 11.8 Å². The molecule has 1 aliphatic rings. The van der Waals surface area contributed by atoms with Gasteiger partial charge in [-0.2, -0.15) is 0 Å². The van der Waals surface area contributed by atoms with Gasteiger partial charge in [-0.3, -0.25) is 9.59 Å². The lowest BCUT2D eigenvalue weighted by atomic mass is 10.2.